The van der Waals surface area contributed by atoms with Crippen LogP contribution in [0, 0.1) is 5.92 Å². The number of hydrogen-bond acceptors (Lipinski definition) is 3. The Morgan fingerprint density at radius 2 is 1.77 bits per heavy atom. The Labute approximate surface area is 180 Å². The van der Waals surface area contributed by atoms with E-state index in [1.165, 1.54) is 0 Å². The smallest absolute Gasteiger partial charge is 0.260 e. The Kier molecular flexibility index (Phi) is 4.98. The maximum absolute atomic E-state index is 13.7. The number of fused-ring (bicyclic) bond motifs is 3. The van der Waals surface area contributed by atoms with Crippen LogP contribution in [0.1, 0.15) is 64.0 Å². The Morgan fingerprint density at radius 3 is 2.45 bits per heavy atom. The lowest BCUT2D eigenvalue weighted by atomic mass is 9.87. The van der Waals surface area contributed by atoms with Crippen LogP contribution in [0.2, 0.25) is 0 Å². The molecule has 0 bridgehead atoms. The SMILES string of the molecule is CCc1ccc2c(c1)c(=O)n(C1CCC(C)CC1)c1nc(NC3CC(F)(F)C3)ccc21. The van der Waals surface area contributed by atoms with Gasteiger partial charge in [0, 0.05) is 35.7 Å². The molecule has 0 amide bonds. The van der Waals surface area contributed by atoms with Gasteiger partial charge in [0.05, 0.1) is 0 Å². The van der Waals surface area contributed by atoms with Crippen LogP contribution >= 0.6 is 0 Å². The third kappa shape index (κ3) is 3.70. The zero-order chi connectivity index (χ0) is 21.8. The van der Waals surface area contributed by atoms with E-state index in [1.54, 1.807) is 0 Å². The van der Waals surface area contributed by atoms with Crippen LogP contribution in [-0.4, -0.2) is 21.5 Å². The summed E-state index contributed by atoms with van der Waals surface area (Å²) < 4.78 is 28.4. The van der Waals surface area contributed by atoms with Crippen molar-refractivity contribution in [3.63, 3.8) is 0 Å². The van der Waals surface area contributed by atoms with Gasteiger partial charge in [-0.3, -0.25) is 9.36 Å². The van der Waals surface area contributed by atoms with Gasteiger partial charge in [-0.25, -0.2) is 13.8 Å². The molecule has 6 heteroatoms. The molecule has 1 aromatic carbocycles. The number of benzene rings is 1. The van der Waals surface area contributed by atoms with Gasteiger partial charge < -0.3 is 5.32 Å². The molecule has 1 N–H and O–H groups in total. The van der Waals surface area contributed by atoms with Gasteiger partial charge >= 0.3 is 0 Å². The van der Waals surface area contributed by atoms with Gasteiger partial charge in [-0.1, -0.05) is 26.0 Å². The van der Waals surface area contributed by atoms with Crippen molar-refractivity contribution in [3.05, 3.63) is 46.2 Å². The van der Waals surface area contributed by atoms with Crippen molar-refractivity contribution in [1.29, 1.82) is 0 Å². The fraction of sp³-hybridized carbons (Fsp3) is 0.520. The first kappa shape index (κ1) is 20.4. The normalized spacial score (nSPS) is 23.7. The molecule has 0 saturated heterocycles. The number of pyridine rings is 2. The summed E-state index contributed by atoms with van der Waals surface area (Å²) in [5.74, 6) is -1.34. The summed E-state index contributed by atoms with van der Waals surface area (Å²) in [6, 6.07) is 9.78. The van der Waals surface area contributed by atoms with Gasteiger partial charge in [0.15, 0.2) is 0 Å². The molecule has 0 radical (unpaired) electrons. The average Bonchev–Trinajstić information content (AvgIpc) is 2.73. The maximum Gasteiger partial charge on any atom is 0.260 e. The van der Waals surface area contributed by atoms with Crippen molar-refractivity contribution in [2.75, 3.05) is 5.32 Å². The van der Waals surface area contributed by atoms with Crippen molar-refractivity contribution in [2.45, 2.75) is 76.8 Å². The summed E-state index contributed by atoms with van der Waals surface area (Å²) in [5, 5.41) is 5.74. The summed E-state index contributed by atoms with van der Waals surface area (Å²) >= 11 is 0. The minimum atomic E-state index is -2.58. The van der Waals surface area contributed by atoms with Crippen LogP contribution in [-0.2, 0) is 6.42 Å². The highest BCUT2D eigenvalue weighted by molar-refractivity contribution is 6.05. The van der Waals surface area contributed by atoms with Crippen molar-refractivity contribution < 1.29 is 8.78 Å². The molecule has 0 spiro atoms. The van der Waals surface area contributed by atoms with E-state index >= 15 is 0 Å². The second-order valence-corrected chi connectivity index (χ2v) is 9.50. The van der Waals surface area contributed by atoms with E-state index in [0.29, 0.717) is 17.4 Å². The van der Waals surface area contributed by atoms with Crippen LogP contribution in [0.15, 0.2) is 35.1 Å². The molecule has 0 aliphatic heterocycles. The molecule has 2 fully saturated rings. The molecule has 2 saturated carbocycles. The van der Waals surface area contributed by atoms with E-state index in [2.05, 4.69) is 25.2 Å². The molecule has 2 aliphatic carbocycles. The predicted molar refractivity (Wildman–Crippen MR) is 121 cm³/mol. The average molecular weight is 426 g/mol. The van der Waals surface area contributed by atoms with Crippen molar-refractivity contribution >= 4 is 27.6 Å². The summed E-state index contributed by atoms with van der Waals surface area (Å²) in [7, 11) is 0. The number of anilines is 1. The van der Waals surface area contributed by atoms with Gasteiger partial charge in [0.2, 0.25) is 0 Å². The molecule has 4 nitrogen and oxygen atoms in total. The topological polar surface area (TPSA) is 46.9 Å². The Hall–Kier alpha value is -2.50. The number of nitrogens with one attached hydrogen (secondary N) is 1. The lowest BCUT2D eigenvalue weighted by molar-refractivity contribution is -0.0794. The molecule has 164 valence electrons. The number of hydrogen-bond donors (Lipinski definition) is 1. The van der Waals surface area contributed by atoms with Gasteiger partial charge in [0.1, 0.15) is 11.5 Å². The van der Waals surface area contributed by atoms with Crippen LogP contribution in [0.5, 0.6) is 0 Å². The first-order valence-electron chi connectivity index (χ1n) is 11.5. The van der Waals surface area contributed by atoms with Crippen molar-refractivity contribution in [3.8, 4) is 0 Å². The summed E-state index contributed by atoms with van der Waals surface area (Å²) in [6.45, 7) is 4.35. The standard InChI is InChI=1S/C25H29F2N3O/c1-3-16-6-9-19-20-10-11-22(28-17-13-25(26,27)14-17)29-23(20)30(24(31)21(19)12-16)18-7-4-15(2)5-8-18/h6,9-12,15,17-18H,3-5,7-8,13-14H2,1-2H3,(H,28,29). The first-order valence-corrected chi connectivity index (χ1v) is 11.5. The number of halogens is 2. The highest BCUT2D eigenvalue weighted by Crippen LogP contribution is 2.39. The Balaban J connectivity index is 1.65. The van der Waals surface area contributed by atoms with E-state index < -0.39 is 5.92 Å². The molecule has 31 heavy (non-hydrogen) atoms. The van der Waals surface area contributed by atoms with Gasteiger partial charge in [-0.15, -0.1) is 0 Å². The van der Waals surface area contributed by atoms with Gasteiger partial charge in [-0.05, 0) is 67.2 Å². The first-order chi connectivity index (χ1) is 14.8. The lowest BCUT2D eigenvalue weighted by Crippen LogP contribution is -2.44. The third-order valence-corrected chi connectivity index (χ3v) is 7.13. The third-order valence-electron chi connectivity index (χ3n) is 7.13. The van der Waals surface area contributed by atoms with E-state index in [1.807, 2.05) is 28.8 Å². The molecule has 2 heterocycles. The minimum absolute atomic E-state index is 0.0113. The number of alkyl halides is 2. The fourth-order valence-electron chi connectivity index (χ4n) is 5.18. The van der Waals surface area contributed by atoms with Crippen LogP contribution in [0.25, 0.3) is 21.8 Å². The van der Waals surface area contributed by atoms with Crippen LogP contribution in [0.4, 0.5) is 14.6 Å². The molecule has 0 atom stereocenters. The highest BCUT2D eigenvalue weighted by atomic mass is 19.3. The summed E-state index contributed by atoms with van der Waals surface area (Å²) in [4.78, 5) is 18.5. The lowest BCUT2D eigenvalue weighted by Gasteiger charge is -2.35. The molecule has 3 aromatic rings. The molecule has 2 aliphatic rings. The van der Waals surface area contributed by atoms with Gasteiger partial charge in [0.25, 0.3) is 11.5 Å². The van der Waals surface area contributed by atoms with Crippen molar-refractivity contribution in [1.82, 2.24) is 9.55 Å². The van der Waals surface area contributed by atoms with Crippen LogP contribution in [0.3, 0.4) is 0 Å². The zero-order valence-electron chi connectivity index (χ0n) is 18.1. The number of aromatic nitrogens is 2. The van der Waals surface area contributed by atoms with E-state index in [4.69, 9.17) is 4.98 Å². The van der Waals surface area contributed by atoms with E-state index in [-0.39, 0.29) is 30.5 Å². The summed E-state index contributed by atoms with van der Waals surface area (Å²) in [5.41, 5.74) is 1.82. The minimum Gasteiger partial charge on any atom is -0.367 e. The number of rotatable bonds is 4. The Morgan fingerprint density at radius 1 is 1.06 bits per heavy atom. The zero-order valence-corrected chi connectivity index (χ0v) is 18.1. The van der Waals surface area contributed by atoms with Crippen molar-refractivity contribution in [2.24, 2.45) is 5.92 Å². The quantitative estimate of drug-likeness (QED) is 0.516. The van der Waals surface area contributed by atoms with E-state index in [9.17, 15) is 13.6 Å². The molecule has 5 rings (SSSR count). The summed E-state index contributed by atoms with van der Waals surface area (Å²) in [6.07, 6.45) is 4.66. The largest absolute Gasteiger partial charge is 0.367 e. The number of nitrogens with zero attached hydrogens (tertiary/aromatic N) is 2. The second kappa shape index (κ2) is 7.57. The molecule has 2 aromatic heterocycles. The predicted octanol–water partition coefficient (Wildman–Crippen LogP) is 6.07. The molecular weight excluding hydrogens is 396 g/mol. The molecule has 0 unspecified atom stereocenters. The maximum atomic E-state index is 13.7. The van der Waals surface area contributed by atoms with Crippen LogP contribution < -0.4 is 10.9 Å². The van der Waals surface area contributed by atoms with E-state index in [0.717, 1.165) is 53.8 Å². The number of aryl methyl sites for hydroxylation is 1. The molecular formula is C25H29F2N3O. The van der Waals surface area contributed by atoms with Gasteiger partial charge in [-0.2, -0.15) is 0 Å². The highest BCUT2D eigenvalue weighted by Gasteiger charge is 2.45. The second-order valence-electron chi connectivity index (χ2n) is 9.50. The monoisotopic (exact) mass is 425 g/mol. The Bertz CT molecular complexity index is 1190. The fourth-order valence-corrected chi connectivity index (χ4v) is 5.18.